The first kappa shape index (κ1) is 20.5. The van der Waals surface area contributed by atoms with Crippen molar-refractivity contribution in [3.05, 3.63) is 105 Å². The van der Waals surface area contributed by atoms with Gasteiger partial charge in [0.05, 0.1) is 5.02 Å². The molecule has 0 aliphatic carbocycles. The van der Waals surface area contributed by atoms with Crippen molar-refractivity contribution in [3.8, 4) is 0 Å². The van der Waals surface area contributed by atoms with Crippen molar-refractivity contribution < 1.29 is 14.0 Å². The smallest absolute Gasteiger partial charge is 0.253 e. The maximum absolute atomic E-state index is 13.3. The summed E-state index contributed by atoms with van der Waals surface area (Å²) in [6.07, 6.45) is 1.25. The van der Waals surface area contributed by atoms with Gasteiger partial charge in [-0.3, -0.25) is 19.0 Å². The van der Waals surface area contributed by atoms with Gasteiger partial charge in [-0.15, -0.1) is 0 Å². The molecule has 148 valence electrons. The molecular formula is C22H18ClFN2O3. The number of pyridine rings is 1. The molecule has 0 aliphatic heterocycles. The van der Waals surface area contributed by atoms with Crippen LogP contribution in [0.1, 0.15) is 22.0 Å². The molecule has 0 saturated carbocycles. The van der Waals surface area contributed by atoms with Gasteiger partial charge < -0.3 is 4.90 Å². The average molecular weight is 413 g/mol. The highest BCUT2D eigenvalue weighted by atomic mass is 35.5. The Morgan fingerprint density at radius 2 is 1.69 bits per heavy atom. The highest BCUT2D eigenvalue weighted by Crippen LogP contribution is 2.19. The molecule has 7 heteroatoms. The summed E-state index contributed by atoms with van der Waals surface area (Å²) in [5.74, 6) is -1.71. The summed E-state index contributed by atoms with van der Waals surface area (Å²) < 4.78 is 14.3. The third-order valence-corrected chi connectivity index (χ3v) is 4.65. The predicted octanol–water partition coefficient (Wildman–Crippen LogP) is 3.72. The summed E-state index contributed by atoms with van der Waals surface area (Å²) in [5, 5.41) is 0.208. The topological polar surface area (TPSA) is 59.4 Å². The lowest BCUT2D eigenvalue weighted by molar-refractivity contribution is -0.132. The molecule has 1 amide bonds. The number of carbonyl (C=O) groups excluding carboxylic acids is 2. The molecule has 0 saturated heterocycles. The molecule has 0 unspecified atom stereocenters. The van der Waals surface area contributed by atoms with Crippen LogP contribution in [0.2, 0.25) is 5.02 Å². The van der Waals surface area contributed by atoms with Crippen molar-refractivity contribution in [2.45, 2.75) is 12.6 Å². The van der Waals surface area contributed by atoms with E-state index in [4.69, 9.17) is 11.6 Å². The van der Waals surface area contributed by atoms with Crippen LogP contribution in [0.5, 0.6) is 0 Å². The number of ketones is 1. The van der Waals surface area contributed by atoms with Crippen molar-refractivity contribution in [2.75, 3.05) is 7.05 Å². The zero-order chi connectivity index (χ0) is 21.0. The van der Waals surface area contributed by atoms with Crippen molar-refractivity contribution in [1.82, 2.24) is 9.47 Å². The third-order valence-electron chi connectivity index (χ3n) is 4.43. The normalized spacial score (nSPS) is 11.7. The Morgan fingerprint density at radius 3 is 2.34 bits per heavy atom. The number of likely N-dealkylation sites (N-methyl/N-ethyl adjacent to an activating group) is 1. The molecule has 0 spiro atoms. The molecule has 3 rings (SSSR count). The van der Waals surface area contributed by atoms with Gasteiger partial charge in [-0.25, -0.2) is 4.39 Å². The predicted molar refractivity (Wildman–Crippen MR) is 108 cm³/mol. The summed E-state index contributed by atoms with van der Waals surface area (Å²) in [5.41, 5.74) is 0.441. The van der Waals surface area contributed by atoms with Crippen molar-refractivity contribution in [2.24, 2.45) is 0 Å². The van der Waals surface area contributed by atoms with Crippen LogP contribution in [0.25, 0.3) is 0 Å². The van der Waals surface area contributed by atoms with Gasteiger partial charge in [0.25, 0.3) is 11.5 Å². The number of carbonyl (C=O) groups is 2. The molecule has 0 N–H and O–H groups in total. The molecular weight excluding hydrogens is 395 g/mol. The first-order valence-electron chi connectivity index (χ1n) is 8.83. The summed E-state index contributed by atoms with van der Waals surface area (Å²) in [6.45, 7) is 0.252. The number of rotatable bonds is 6. The van der Waals surface area contributed by atoms with Gasteiger partial charge in [0.1, 0.15) is 5.82 Å². The SMILES string of the molecule is CN(Cc1ccccc1)C(=O)[C@H](C(=O)c1ccc(F)cc1)n1cc(Cl)ccc1=O. The number of nitrogens with zero attached hydrogens (tertiary/aromatic N) is 2. The second kappa shape index (κ2) is 8.84. The Balaban J connectivity index is 2.01. The van der Waals surface area contributed by atoms with Gasteiger partial charge in [-0.05, 0) is 35.9 Å². The van der Waals surface area contributed by atoms with Crippen molar-refractivity contribution in [3.63, 3.8) is 0 Å². The Labute approximate surface area is 172 Å². The molecule has 2 aromatic carbocycles. The molecule has 3 aromatic rings. The fourth-order valence-electron chi connectivity index (χ4n) is 2.95. The van der Waals surface area contributed by atoms with E-state index in [1.54, 1.807) is 7.05 Å². The largest absolute Gasteiger partial charge is 0.339 e. The number of Topliss-reactive ketones (excluding diaryl/α,β-unsaturated/α-hetero) is 1. The molecule has 1 aromatic heterocycles. The minimum absolute atomic E-state index is 0.115. The summed E-state index contributed by atoms with van der Waals surface area (Å²) in [4.78, 5) is 40.1. The Kier molecular flexibility index (Phi) is 6.24. The lowest BCUT2D eigenvalue weighted by Crippen LogP contribution is -2.42. The van der Waals surface area contributed by atoms with Crippen LogP contribution in [-0.4, -0.2) is 28.2 Å². The Morgan fingerprint density at radius 1 is 1.03 bits per heavy atom. The lowest BCUT2D eigenvalue weighted by atomic mass is 10.0. The van der Waals surface area contributed by atoms with Crippen molar-refractivity contribution >= 4 is 23.3 Å². The number of benzene rings is 2. The van der Waals surface area contributed by atoms with E-state index in [2.05, 4.69) is 0 Å². The van der Waals surface area contributed by atoms with Crippen LogP contribution in [0.4, 0.5) is 4.39 Å². The molecule has 1 atom stereocenters. The maximum Gasteiger partial charge on any atom is 0.253 e. The van der Waals surface area contributed by atoms with Crippen LogP contribution >= 0.6 is 11.6 Å². The van der Waals surface area contributed by atoms with Crippen LogP contribution in [-0.2, 0) is 11.3 Å². The fraction of sp³-hybridized carbons (Fsp3) is 0.136. The van der Waals surface area contributed by atoms with E-state index in [1.165, 1.54) is 35.4 Å². The van der Waals surface area contributed by atoms with Gasteiger partial charge >= 0.3 is 0 Å². The van der Waals surface area contributed by atoms with Crippen molar-refractivity contribution in [1.29, 1.82) is 0 Å². The highest BCUT2D eigenvalue weighted by molar-refractivity contribution is 6.30. The minimum atomic E-state index is -1.46. The van der Waals surface area contributed by atoms with Gasteiger partial charge in [-0.2, -0.15) is 0 Å². The second-order valence-corrected chi connectivity index (χ2v) is 6.98. The zero-order valence-electron chi connectivity index (χ0n) is 15.6. The van der Waals surface area contributed by atoms with Gasteiger partial charge in [0.15, 0.2) is 11.8 Å². The van der Waals surface area contributed by atoms with Crippen LogP contribution in [0, 0.1) is 5.82 Å². The van der Waals surface area contributed by atoms with Gasteiger partial charge in [0, 0.05) is 31.4 Å². The van der Waals surface area contributed by atoms with E-state index < -0.39 is 29.1 Å². The molecule has 29 heavy (non-hydrogen) atoms. The van der Waals surface area contributed by atoms with E-state index >= 15 is 0 Å². The van der Waals surface area contributed by atoms with E-state index in [9.17, 15) is 18.8 Å². The number of hydrogen-bond donors (Lipinski definition) is 0. The molecule has 5 nitrogen and oxygen atoms in total. The highest BCUT2D eigenvalue weighted by Gasteiger charge is 2.32. The van der Waals surface area contributed by atoms with Crippen LogP contribution in [0.3, 0.4) is 0 Å². The first-order chi connectivity index (χ1) is 13.9. The standard InChI is InChI=1S/C22H18ClFN2O3/c1-25(13-15-5-3-2-4-6-15)22(29)20(26-14-17(23)9-12-19(26)27)21(28)16-7-10-18(24)11-8-16/h2-12,14,20H,13H2,1H3/t20-/m0/s1. The van der Waals surface area contributed by atoms with Gasteiger partial charge in [0.2, 0.25) is 0 Å². The zero-order valence-corrected chi connectivity index (χ0v) is 16.3. The Hall–Kier alpha value is -3.25. The van der Waals surface area contributed by atoms with E-state index in [0.717, 1.165) is 22.3 Å². The summed E-state index contributed by atoms with van der Waals surface area (Å²) in [6, 6.07) is 15.2. The fourth-order valence-corrected chi connectivity index (χ4v) is 3.12. The molecule has 0 aliphatic rings. The number of halogens is 2. The number of hydrogen-bond acceptors (Lipinski definition) is 3. The third kappa shape index (κ3) is 4.78. The quantitative estimate of drug-likeness (QED) is 0.458. The second-order valence-electron chi connectivity index (χ2n) is 6.55. The minimum Gasteiger partial charge on any atom is -0.339 e. The molecule has 1 heterocycles. The molecule has 0 bridgehead atoms. The lowest BCUT2D eigenvalue weighted by Gasteiger charge is -2.25. The number of aromatic nitrogens is 1. The molecule has 0 radical (unpaired) electrons. The maximum atomic E-state index is 13.3. The van der Waals surface area contributed by atoms with Crippen LogP contribution < -0.4 is 5.56 Å². The van der Waals surface area contributed by atoms with E-state index in [1.807, 2.05) is 30.3 Å². The van der Waals surface area contributed by atoms with E-state index in [-0.39, 0.29) is 17.1 Å². The van der Waals surface area contributed by atoms with Gasteiger partial charge in [-0.1, -0.05) is 41.9 Å². The average Bonchev–Trinajstić information content (AvgIpc) is 2.71. The van der Waals surface area contributed by atoms with Crippen LogP contribution in [0.15, 0.2) is 77.7 Å². The molecule has 0 fully saturated rings. The first-order valence-corrected chi connectivity index (χ1v) is 9.21. The monoisotopic (exact) mass is 412 g/mol. The summed E-state index contributed by atoms with van der Waals surface area (Å²) >= 11 is 6.00. The number of amides is 1. The summed E-state index contributed by atoms with van der Waals surface area (Å²) in [7, 11) is 1.55. The Bertz CT molecular complexity index is 1080. The van der Waals surface area contributed by atoms with E-state index in [0.29, 0.717) is 0 Å².